The lowest BCUT2D eigenvalue weighted by Gasteiger charge is -2.29. The van der Waals surface area contributed by atoms with Gasteiger partial charge >= 0.3 is 6.09 Å². The van der Waals surface area contributed by atoms with Crippen LogP contribution in [0.25, 0.3) is 5.69 Å². The van der Waals surface area contributed by atoms with Crippen LogP contribution >= 0.6 is 11.3 Å². The molecule has 10 heteroatoms. The second-order valence-corrected chi connectivity index (χ2v) is 10.4. The van der Waals surface area contributed by atoms with Crippen LogP contribution in [0.15, 0.2) is 30.3 Å². The summed E-state index contributed by atoms with van der Waals surface area (Å²) < 4.78 is 7.25. The molecule has 0 radical (unpaired) electrons. The van der Waals surface area contributed by atoms with Gasteiger partial charge in [-0.25, -0.2) is 14.5 Å². The highest BCUT2D eigenvalue weighted by molar-refractivity contribution is 7.15. The van der Waals surface area contributed by atoms with E-state index in [1.54, 1.807) is 9.58 Å². The molecule has 1 aromatic carbocycles. The molecular weight excluding hydrogens is 440 g/mol. The summed E-state index contributed by atoms with van der Waals surface area (Å²) in [5.74, 6) is -0.0259. The highest BCUT2D eigenvalue weighted by atomic mass is 32.1. The van der Waals surface area contributed by atoms with E-state index in [0.29, 0.717) is 30.3 Å². The van der Waals surface area contributed by atoms with Gasteiger partial charge in [-0.1, -0.05) is 34.7 Å². The quantitative estimate of drug-likeness (QED) is 0.620. The Hall–Kier alpha value is -3.27. The van der Waals surface area contributed by atoms with Gasteiger partial charge in [0.2, 0.25) is 0 Å². The highest BCUT2D eigenvalue weighted by Gasteiger charge is 2.35. The van der Waals surface area contributed by atoms with Gasteiger partial charge in [0.25, 0.3) is 5.91 Å². The predicted molar refractivity (Wildman–Crippen MR) is 124 cm³/mol. The van der Waals surface area contributed by atoms with Crippen molar-refractivity contribution in [2.75, 3.05) is 11.9 Å². The van der Waals surface area contributed by atoms with Gasteiger partial charge < -0.3 is 9.64 Å². The Morgan fingerprint density at radius 2 is 1.94 bits per heavy atom. The molecular formula is C23H26N6O3S. The van der Waals surface area contributed by atoms with Crippen LogP contribution in [0, 0.1) is 0 Å². The van der Waals surface area contributed by atoms with Crippen LogP contribution in [0.1, 0.15) is 66.3 Å². The molecule has 2 amide bonds. The van der Waals surface area contributed by atoms with Gasteiger partial charge in [-0.2, -0.15) is 0 Å². The molecule has 0 atom stereocenters. The van der Waals surface area contributed by atoms with Crippen molar-refractivity contribution in [1.29, 1.82) is 0 Å². The Kier molecular flexibility index (Phi) is 5.40. The first-order chi connectivity index (χ1) is 15.8. The van der Waals surface area contributed by atoms with Gasteiger partial charge in [-0.15, -0.1) is 5.10 Å². The van der Waals surface area contributed by atoms with Crippen molar-refractivity contribution >= 4 is 28.5 Å². The smallest absolute Gasteiger partial charge is 0.410 e. The number of carbonyl (C=O) groups excluding carboxylic acids is 2. The molecule has 1 saturated carbocycles. The number of amides is 2. The first kappa shape index (κ1) is 21.6. The minimum absolute atomic E-state index is 0.285. The number of thiazole rings is 1. The monoisotopic (exact) mass is 466 g/mol. The Balaban J connectivity index is 1.32. The number of hydrogen-bond acceptors (Lipinski definition) is 7. The van der Waals surface area contributed by atoms with Crippen LogP contribution in [0.2, 0.25) is 0 Å². The minimum atomic E-state index is -0.541. The zero-order valence-corrected chi connectivity index (χ0v) is 19.7. The number of para-hydroxylation sites is 1. The fraction of sp³-hybridized carbons (Fsp3) is 0.435. The number of carbonyl (C=O) groups is 2. The molecule has 0 saturated heterocycles. The number of anilines is 1. The lowest BCUT2D eigenvalue weighted by molar-refractivity contribution is 0.0225. The number of rotatable bonds is 4. The Morgan fingerprint density at radius 3 is 2.64 bits per heavy atom. The number of nitrogens with zero attached hydrogens (tertiary/aromatic N) is 5. The van der Waals surface area contributed by atoms with Crippen molar-refractivity contribution in [3.63, 3.8) is 0 Å². The third-order valence-electron chi connectivity index (χ3n) is 5.49. The maximum absolute atomic E-state index is 13.1. The van der Waals surface area contributed by atoms with Crippen molar-refractivity contribution < 1.29 is 14.3 Å². The summed E-state index contributed by atoms with van der Waals surface area (Å²) in [7, 11) is 0. The number of fused-ring (bicyclic) bond motifs is 1. The Morgan fingerprint density at radius 1 is 1.18 bits per heavy atom. The molecule has 9 nitrogen and oxygen atoms in total. The lowest BCUT2D eigenvalue weighted by Crippen LogP contribution is -2.39. The van der Waals surface area contributed by atoms with Crippen LogP contribution in [0.3, 0.4) is 0 Å². The van der Waals surface area contributed by atoms with Gasteiger partial charge in [-0.3, -0.25) is 10.1 Å². The average Bonchev–Trinajstić information content (AvgIpc) is 3.37. The topological polar surface area (TPSA) is 102 Å². The lowest BCUT2D eigenvalue weighted by atomic mass is 10.2. The van der Waals surface area contributed by atoms with Crippen LogP contribution in [-0.2, 0) is 17.7 Å². The van der Waals surface area contributed by atoms with E-state index in [1.165, 1.54) is 11.3 Å². The predicted octanol–water partition coefficient (Wildman–Crippen LogP) is 4.15. The van der Waals surface area contributed by atoms with E-state index in [0.717, 1.165) is 34.8 Å². The van der Waals surface area contributed by atoms with Gasteiger partial charge in [-0.05, 0) is 45.7 Å². The summed E-state index contributed by atoms with van der Waals surface area (Å²) in [5.41, 5.74) is 2.44. The average molecular weight is 467 g/mol. The van der Waals surface area contributed by atoms with E-state index < -0.39 is 5.60 Å². The summed E-state index contributed by atoms with van der Waals surface area (Å²) in [6.07, 6.45) is 2.33. The molecule has 0 bridgehead atoms. The van der Waals surface area contributed by atoms with E-state index in [1.807, 2.05) is 51.1 Å². The van der Waals surface area contributed by atoms with Crippen LogP contribution < -0.4 is 5.32 Å². The van der Waals surface area contributed by atoms with E-state index in [9.17, 15) is 9.59 Å². The summed E-state index contributed by atoms with van der Waals surface area (Å²) in [4.78, 5) is 32.8. The Labute approximate surface area is 195 Å². The third kappa shape index (κ3) is 4.61. The molecule has 1 fully saturated rings. The fourth-order valence-electron chi connectivity index (χ4n) is 3.82. The summed E-state index contributed by atoms with van der Waals surface area (Å²) in [6, 6.07) is 9.72. The van der Waals surface area contributed by atoms with Crippen molar-refractivity contribution in [3.05, 3.63) is 52.3 Å². The molecule has 0 spiro atoms. The number of benzene rings is 1. The SMILES string of the molecule is CC(C)(C)OC(=O)N1CCc2nc(NC(=O)c3nnn(-c4ccccc4)c3C3CC3)sc2C1. The van der Waals surface area contributed by atoms with Crippen molar-refractivity contribution in [1.82, 2.24) is 24.9 Å². The molecule has 172 valence electrons. The largest absolute Gasteiger partial charge is 0.444 e. The molecule has 3 aromatic rings. The zero-order valence-electron chi connectivity index (χ0n) is 18.9. The number of hydrogen-bond donors (Lipinski definition) is 1. The summed E-state index contributed by atoms with van der Waals surface area (Å²) in [5, 5.41) is 11.9. The number of ether oxygens (including phenoxy) is 1. The second kappa shape index (κ2) is 8.26. The van der Waals surface area contributed by atoms with Crippen LogP contribution in [-0.4, -0.2) is 49.0 Å². The maximum Gasteiger partial charge on any atom is 0.410 e. The zero-order chi connectivity index (χ0) is 23.2. The van der Waals surface area contributed by atoms with Gasteiger partial charge in [0.05, 0.1) is 23.6 Å². The fourth-order valence-corrected chi connectivity index (χ4v) is 4.84. The molecule has 3 heterocycles. The second-order valence-electron chi connectivity index (χ2n) is 9.34. The van der Waals surface area contributed by atoms with Crippen molar-refractivity contribution in [2.24, 2.45) is 0 Å². The molecule has 2 aromatic heterocycles. The normalized spacial score (nSPS) is 15.8. The third-order valence-corrected chi connectivity index (χ3v) is 6.49. The van der Waals surface area contributed by atoms with Gasteiger partial charge in [0.15, 0.2) is 10.8 Å². The molecule has 2 aliphatic rings. The van der Waals surface area contributed by atoms with Crippen molar-refractivity contribution in [2.45, 2.75) is 58.1 Å². The van der Waals surface area contributed by atoms with Crippen molar-refractivity contribution in [3.8, 4) is 5.69 Å². The van der Waals surface area contributed by atoms with E-state index in [2.05, 4.69) is 20.6 Å². The Bertz CT molecular complexity index is 1190. The summed E-state index contributed by atoms with van der Waals surface area (Å²) >= 11 is 1.38. The molecule has 1 N–H and O–H groups in total. The standard InChI is InChI=1S/C23H26N6O3S/c1-23(2,3)32-22(31)28-12-11-16-17(13-28)33-21(24-16)25-20(30)18-19(14-9-10-14)29(27-26-18)15-7-5-4-6-8-15/h4-8,14H,9-13H2,1-3H3,(H,24,25,30). The minimum Gasteiger partial charge on any atom is -0.444 e. The number of nitrogens with one attached hydrogen (secondary N) is 1. The van der Waals surface area contributed by atoms with E-state index >= 15 is 0 Å². The van der Waals surface area contributed by atoms with Crippen LogP contribution in [0.4, 0.5) is 9.93 Å². The molecule has 33 heavy (non-hydrogen) atoms. The molecule has 0 unspecified atom stereocenters. The maximum atomic E-state index is 13.1. The van der Waals surface area contributed by atoms with Crippen LogP contribution in [0.5, 0.6) is 0 Å². The number of aromatic nitrogens is 4. The summed E-state index contributed by atoms with van der Waals surface area (Å²) in [6.45, 7) is 6.52. The van der Waals surface area contributed by atoms with E-state index in [4.69, 9.17) is 4.74 Å². The van der Waals surface area contributed by atoms with Gasteiger partial charge in [0.1, 0.15) is 5.60 Å². The molecule has 5 rings (SSSR count). The molecule has 1 aliphatic carbocycles. The first-order valence-electron chi connectivity index (χ1n) is 11.1. The molecule has 1 aliphatic heterocycles. The highest BCUT2D eigenvalue weighted by Crippen LogP contribution is 2.42. The van der Waals surface area contributed by atoms with E-state index in [-0.39, 0.29) is 17.9 Å². The van der Waals surface area contributed by atoms with Gasteiger partial charge in [0, 0.05) is 23.8 Å². The first-order valence-corrected chi connectivity index (χ1v) is 11.9.